The van der Waals surface area contributed by atoms with Crippen molar-refractivity contribution in [2.75, 3.05) is 30.8 Å². The molecule has 0 radical (unpaired) electrons. The second-order valence-electron chi connectivity index (χ2n) is 8.41. The third kappa shape index (κ3) is 8.38. The van der Waals surface area contributed by atoms with Gasteiger partial charge in [0.05, 0.1) is 24.6 Å². The summed E-state index contributed by atoms with van der Waals surface area (Å²) in [5.41, 5.74) is -0.736. The number of hydrogen-bond donors (Lipinski definition) is 1. The number of sulfonamides is 1. The molecule has 0 aromatic heterocycles. The number of hydrogen-bond acceptors (Lipinski definition) is 5. The highest BCUT2D eigenvalue weighted by Crippen LogP contribution is 2.32. The van der Waals surface area contributed by atoms with Crippen LogP contribution in [0.15, 0.2) is 48.5 Å². The molecule has 2 aromatic rings. The quantitative estimate of drug-likeness (QED) is 0.439. The van der Waals surface area contributed by atoms with Crippen molar-refractivity contribution in [3.8, 4) is 5.75 Å². The minimum absolute atomic E-state index is 0.0473. The summed E-state index contributed by atoms with van der Waals surface area (Å²) in [5.74, 6) is -0.634. The van der Waals surface area contributed by atoms with Crippen LogP contribution < -0.4 is 14.4 Å². The highest BCUT2D eigenvalue weighted by molar-refractivity contribution is 7.92. The van der Waals surface area contributed by atoms with Gasteiger partial charge in [0.2, 0.25) is 21.8 Å². The molecule has 37 heavy (non-hydrogen) atoms. The van der Waals surface area contributed by atoms with E-state index in [9.17, 15) is 31.2 Å². The number of rotatable bonds is 12. The lowest BCUT2D eigenvalue weighted by Gasteiger charge is -2.33. The fourth-order valence-corrected chi connectivity index (χ4v) is 4.55. The van der Waals surface area contributed by atoms with Crippen LogP contribution in [0, 0.1) is 0 Å². The van der Waals surface area contributed by atoms with Gasteiger partial charge in [-0.25, -0.2) is 8.42 Å². The Kier molecular flexibility index (Phi) is 10.4. The first-order valence-corrected chi connectivity index (χ1v) is 13.5. The summed E-state index contributed by atoms with van der Waals surface area (Å²) in [7, 11) is -2.68. The SMILES string of the molecule is CCCNC(=O)C(CC)N(Cc1cccc(OC)c1)C(=O)CN(c1cccc(C(F)(F)F)c1)S(C)(=O)=O. The highest BCUT2D eigenvalue weighted by Gasteiger charge is 2.34. The molecule has 0 saturated heterocycles. The number of benzene rings is 2. The Morgan fingerprint density at radius 2 is 1.76 bits per heavy atom. The molecule has 0 fully saturated rings. The van der Waals surface area contributed by atoms with Crippen molar-refractivity contribution >= 4 is 27.5 Å². The molecule has 1 atom stereocenters. The van der Waals surface area contributed by atoms with E-state index in [-0.39, 0.29) is 18.7 Å². The minimum Gasteiger partial charge on any atom is -0.497 e. The van der Waals surface area contributed by atoms with Gasteiger partial charge in [-0.15, -0.1) is 0 Å². The first-order valence-electron chi connectivity index (χ1n) is 11.7. The van der Waals surface area contributed by atoms with Crippen molar-refractivity contribution in [1.29, 1.82) is 0 Å². The predicted octanol–water partition coefficient (Wildman–Crippen LogP) is 3.81. The molecule has 0 bridgehead atoms. The molecule has 1 N–H and O–H groups in total. The standard InChI is InChI=1S/C25H32F3N3O5S/c1-5-13-29-24(33)22(6-2)30(16-18-9-7-12-21(14-18)36-3)23(32)17-31(37(4,34)35)20-11-8-10-19(15-20)25(26,27)28/h7-12,14-15,22H,5-6,13,16-17H2,1-4H3,(H,29,33). The van der Waals surface area contributed by atoms with Crippen molar-refractivity contribution in [2.24, 2.45) is 0 Å². The topological polar surface area (TPSA) is 96.0 Å². The molecule has 12 heteroatoms. The molecule has 2 rings (SSSR count). The van der Waals surface area contributed by atoms with Crippen molar-refractivity contribution in [3.63, 3.8) is 0 Å². The summed E-state index contributed by atoms with van der Waals surface area (Å²) >= 11 is 0. The lowest BCUT2D eigenvalue weighted by molar-refractivity contribution is -0.140. The van der Waals surface area contributed by atoms with Crippen LogP contribution in [-0.2, 0) is 32.3 Å². The average molecular weight is 544 g/mol. The summed E-state index contributed by atoms with van der Waals surface area (Å²) in [4.78, 5) is 27.7. The summed E-state index contributed by atoms with van der Waals surface area (Å²) in [6, 6.07) is 9.62. The van der Waals surface area contributed by atoms with Crippen LogP contribution in [0.1, 0.15) is 37.8 Å². The Balaban J connectivity index is 2.49. The van der Waals surface area contributed by atoms with Gasteiger partial charge in [-0.05, 0) is 48.7 Å². The smallest absolute Gasteiger partial charge is 0.416 e. The molecule has 0 heterocycles. The van der Waals surface area contributed by atoms with E-state index in [1.165, 1.54) is 18.1 Å². The Morgan fingerprint density at radius 1 is 1.08 bits per heavy atom. The number of alkyl halides is 3. The normalized spacial score (nSPS) is 12.5. The van der Waals surface area contributed by atoms with Crippen LogP contribution in [0.3, 0.4) is 0 Å². The van der Waals surface area contributed by atoms with Gasteiger partial charge in [0.15, 0.2) is 0 Å². The molecule has 2 aromatic carbocycles. The Hall–Kier alpha value is -3.28. The average Bonchev–Trinajstić information content (AvgIpc) is 2.84. The maximum Gasteiger partial charge on any atom is 0.416 e. The van der Waals surface area contributed by atoms with E-state index in [0.717, 1.165) is 18.4 Å². The number of amides is 2. The highest BCUT2D eigenvalue weighted by atomic mass is 32.2. The van der Waals surface area contributed by atoms with Gasteiger partial charge in [0.25, 0.3) is 0 Å². The second kappa shape index (κ2) is 12.8. The fraction of sp³-hybridized carbons (Fsp3) is 0.440. The summed E-state index contributed by atoms with van der Waals surface area (Å²) in [5, 5.41) is 2.75. The summed E-state index contributed by atoms with van der Waals surface area (Å²) in [6.45, 7) is 3.13. The third-order valence-electron chi connectivity index (χ3n) is 5.56. The number of methoxy groups -OCH3 is 1. The van der Waals surface area contributed by atoms with E-state index in [1.807, 2.05) is 6.92 Å². The van der Waals surface area contributed by atoms with Crippen LogP contribution >= 0.6 is 0 Å². The van der Waals surface area contributed by atoms with Crippen LogP contribution in [0.4, 0.5) is 18.9 Å². The van der Waals surface area contributed by atoms with E-state index in [1.54, 1.807) is 31.2 Å². The largest absolute Gasteiger partial charge is 0.497 e. The fourth-order valence-electron chi connectivity index (χ4n) is 3.70. The summed E-state index contributed by atoms with van der Waals surface area (Å²) < 4.78 is 70.8. The predicted molar refractivity (Wildman–Crippen MR) is 135 cm³/mol. The van der Waals surface area contributed by atoms with Crippen molar-refractivity contribution < 1.29 is 35.9 Å². The first kappa shape index (κ1) is 29.9. The van der Waals surface area contributed by atoms with Crippen LogP contribution in [0.5, 0.6) is 5.75 Å². The van der Waals surface area contributed by atoms with Gasteiger partial charge in [0.1, 0.15) is 18.3 Å². The molecule has 0 aliphatic carbocycles. The van der Waals surface area contributed by atoms with E-state index in [0.29, 0.717) is 34.7 Å². The second-order valence-corrected chi connectivity index (χ2v) is 10.3. The molecule has 0 saturated carbocycles. The maximum absolute atomic E-state index is 13.6. The molecule has 0 spiro atoms. The molecule has 2 amide bonds. The van der Waals surface area contributed by atoms with Gasteiger partial charge < -0.3 is 15.0 Å². The number of carbonyl (C=O) groups excluding carboxylic acids is 2. The van der Waals surface area contributed by atoms with E-state index >= 15 is 0 Å². The van der Waals surface area contributed by atoms with Gasteiger partial charge in [-0.1, -0.05) is 32.0 Å². The number of nitrogens with one attached hydrogen (secondary N) is 1. The molecule has 8 nitrogen and oxygen atoms in total. The van der Waals surface area contributed by atoms with Crippen LogP contribution in [0.25, 0.3) is 0 Å². The number of ether oxygens (including phenoxy) is 1. The van der Waals surface area contributed by atoms with E-state index in [4.69, 9.17) is 4.74 Å². The van der Waals surface area contributed by atoms with E-state index < -0.39 is 46.2 Å². The molecule has 204 valence electrons. The summed E-state index contributed by atoms with van der Waals surface area (Å²) in [6.07, 6.45) is -3.00. The van der Waals surface area contributed by atoms with Crippen molar-refractivity contribution in [1.82, 2.24) is 10.2 Å². The van der Waals surface area contributed by atoms with Gasteiger partial charge in [-0.3, -0.25) is 13.9 Å². The lowest BCUT2D eigenvalue weighted by atomic mass is 10.1. The zero-order valence-corrected chi connectivity index (χ0v) is 22.0. The molecule has 0 aliphatic heterocycles. The molecular weight excluding hydrogens is 511 g/mol. The maximum atomic E-state index is 13.6. The van der Waals surface area contributed by atoms with Crippen LogP contribution in [-0.4, -0.2) is 57.6 Å². The number of halogens is 3. The van der Waals surface area contributed by atoms with E-state index in [2.05, 4.69) is 5.32 Å². The third-order valence-corrected chi connectivity index (χ3v) is 6.70. The molecule has 0 aliphatic rings. The zero-order valence-electron chi connectivity index (χ0n) is 21.2. The molecular formula is C25H32F3N3O5S. The number of anilines is 1. The van der Waals surface area contributed by atoms with Crippen molar-refractivity contribution in [2.45, 2.75) is 45.5 Å². The van der Waals surface area contributed by atoms with Gasteiger partial charge in [-0.2, -0.15) is 13.2 Å². The van der Waals surface area contributed by atoms with Gasteiger partial charge in [0, 0.05) is 13.1 Å². The minimum atomic E-state index is -4.70. The number of carbonyl (C=O) groups is 2. The monoisotopic (exact) mass is 543 g/mol. The Bertz CT molecular complexity index is 1190. The van der Waals surface area contributed by atoms with Gasteiger partial charge >= 0.3 is 6.18 Å². The lowest BCUT2D eigenvalue weighted by Crippen LogP contribution is -2.52. The van der Waals surface area contributed by atoms with Crippen LogP contribution in [0.2, 0.25) is 0 Å². The first-order chi connectivity index (χ1) is 17.3. The number of nitrogens with zero attached hydrogens (tertiary/aromatic N) is 2. The Labute approximate surface area is 215 Å². The zero-order chi connectivity index (χ0) is 27.8. The Morgan fingerprint density at radius 3 is 2.32 bits per heavy atom. The molecule has 1 unspecified atom stereocenters. The van der Waals surface area contributed by atoms with Crippen molar-refractivity contribution in [3.05, 3.63) is 59.7 Å².